The number of sulfonamides is 1. The average molecular weight is 269 g/mol. The average Bonchev–Trinajstić information content (AvgIpc) is 2.79. The van der Waals surface area contributed by atoms with Crippen LogP contribution in [-0.4, -0.2) is 18.6 Å². The summed E-state index contributed by atoms with van der Waals surface area (Å²) >= 11 is 0. The Morgan fingerprint density at radius 3 is 2.78 bits per heavy atom. The maximum atomic E-state index is 11.4. The third-order valence-electron chi connectivity index (χ3n) is 2.16. The lowest BCUT2D eigenvalue weighted by Crippen LogP contribution is -2.15. The molecule has 0 spiro atoms. The molecule has 2 rings (SSSR count). The molecular formula is C9H11N5O3S. The Morgan fingerprint density at radius 1 is 1.39 bits per heavy atom. The van der Waals surface area contributed by atoms with Crippen molar-refractivity contribution < 1.29 is 12.9 Å². The van der Waals surface area contributed by atoms with Crippen LogP contribution in [0.3, 0.4) is 0 Å². The minimum atomic E-state index is -3.85. The normalized spacial score (nSPS) is 11.4. The number of hydrogen-bond acceptors (Lipinski definition) is 7. The van der Waals surface area contributed by atoms with Gasteiger partial charge in [-0.05, 0) is 18.2 Å². The predicted molar refractivity (Wildman–Crippen MR) is 63.9 cm³/mol. The van der Waals surface area contributed by atoms with Crippen molar-refractivity contribution in [2.24, 2.45) is 5.14 Å². The molecule has 96 valence electrons. The Bertz CT molecular complexity index is 638. The number of nitrogens with two attached hydrogens (primary N) is 2. The molecule has 0 unspecified atom stereocenters. The Balaban J connectivity index is 2.27. The van der Waals surface area contributed by atoms with Crippen molar-refractivity contribution in [3.8, 4) is 0 Å². The van der Waals surface area contributed by atoms with Gasteiger partial charge in [0.2, 0.25) is 16.4 Å². The maximum absolute atomic E-state index is 11.4. The summed E-state index contributed by atoms with van der Waals surface area (Å²) in [6.45, 7) is 0.211. The van der Waals surface area contributed by atoms with Crippen LogP contribution in [0, 0.1) is 0 Å². The molecular weight excluding hydrogens is 258 g/mol. The number of benzene rings is 1. The number of primary sulfonamides is 1. The molecule has 5 N–H and O–H groups in total. The smallest absolute Gasteiger partial charge is 0.240 e. The fourth-order valence-electron chi connectivity index (χ4n) is 1.36. The molecule has 0 fully saturated rings. The molecule has 0 radical (unpaired) electrons. The summed E-state index contributed by atoms with van der Waals surface area (Å²) in [6, 6.07) is 4.37. The van der Waals surface area contributed by atoms with Gasteiger partial charge in [0, 0.05) is 5.69 Å². The second-order valence-corrected chi connectivity index (χ2v) is 5.03. The summed E-state index contributed by atoms with van der Waals surface area (Å²) in [6.07, 6.45) is 1.18. The first-order valence-electron chi connectivity index (χ1n) is 4.88. The lowest BCUT2D eigenvalue weighted by atomic mass is 10.3. The van der Waals surface area contributed by atoms with E-state index in [1.165, 1.54) is 18.5 Å². The van der Waals surface area contributed by atoms with E-state index in [0.29, 0.717) is 17.2 Å². The molecule has 9 heteroatoms. The topological polar surface area (TPSA) is 137 Å². The number of nitrogens with one attached hydrogen (secondary N) is 1. The van der Waals surface area contributed by atoms with Gasteiger partial charge in [-0.15, -0.1) is 0 Å². The number of nitrogen functional groups attached to an aromatic ring is 1. The van der Waals surface area contributed by atoms with Gasteiger partial charge < -0.3 is 15.6 Å². The zero-order valence-corrected chi connectivity index (χ0v) is 10.0. The highest BCUT2D eigenvalue weighted by atomic mass is 32.2. The molecule has 0 bridgehead atoms. The number of nitrogens with zero attached hydrogens (tertiary/aromatic N) is 2. The number of hydrogen-bond donors (Lipinski definition) is 3. The Kier molecular flexibility index (Phi) is 3.17. The van der Waals surface area contributed by atoms with Crippen LogP contribution < -0.4 is 16.2 Å². The molecule has 8 nitrogen and oxygen atoms in total. The second-order valence-electron chi connectivity index (χ2n) is 3.50. The predicted octanol–water partition coefficient (Wildman–Crippen LogP) is -0.0887. The van der Waals surface area contributed by atoms with Crippen LogP contribution >= 0.6 is 0 Å². The monoisotopic (exact) mass is 269 g/mol. The first-order valence-corrected chi connectivity index (χ1v) is 6.43. The van der Waals surface area contributed by atoms with Crippen molar-refractivity contribution >= 4 is 21.4 Å². The van der Waals surface area contributed by atoms with Crippen molar-refractivity contribution in [1.82, 2.24) is 10.1 Å². The zero-order chi connectivity index (χ0) is 13.2. The lowest BCUT2D eigenvalue weighted by Gasteiger charge is -2.09. The Morgan fingerprint density at radius 2 is 2.17 bits per heavy atom. The van der Waals surface area contributed by atoms with Crippen LogP contribution in [0.15, 0.2) is 34.0 Å². The van der Waals surface area contributed by atoms with Gasteiger partial charge in [-0.2, -0.15) is 4.98 Å². The standard InChI is InChI=1S/C9H11N5O3S/c10-6-1-2-7(8(3-6)18(11,15)16)12-4-9-13-5-17-14-9/h1-3,5,12H,4,10H2,(H2,11,15,16). The third kappa shape index (κ3) is 2.76. The van der Waals surface area contributed by atoms with Crippen molar-refractivity contribution in [1.29, 1.82) is 0 Å². The molecule has 1 heterocycles. The molecule has 1 aromatic carbocycles. The quantitative estimate of drug-likeness (QED) is 0.659. The molecule has 0 atom stereocenters. The van der Waals surface area contributed by atoms with Gasteiger partial charge in [0.25, 0.3) is 0 Å². The molecule has 0 saturated carbocycles. The second kappa shape index (κ2) is 4.63. The number of rotatable bonds is 4. The van der Waals surface area contributed by atoms with Gasteiger partial charge in [0.1, 0.15) is 4.90 Å². The molecule has 0 aliphatic heterocycles. The van der Waals surface area contributed by atoms with E-state index in [1.807, 2.05) is 0 Å². The molecule has 0 amide bonds. The van der Waals surface area contributed by atoms with Crippen molar-refractivity contribution in [3.05, 3.63) is 30.4 Å². The SMILES string of the molecule is Nc1ccc(NCc2ncon2)c(S(N)(=O)=O)c1. The van der Waals surface area contributed by atoms with Gasteiger partial charge in [0.15, 0.2) is 5.82 Å². The summed E-state index contributed by atoms with van der Waals surface area (Å²) in [7, 11) is -3.85. The fourth-order valence-corrected chi connectivity index (χ4v) is 2.11. The highest BCUT2D eigenvalue weighted by Gasteiger charge is 2.14. The molecule has 2 aromatic rings. The van der Waals surface area contributed by atoms with Gasteiger partial charge in [-0.1, -0.05) is 5.16 Å². The Hall–Kier alpha value is -2.13. The van der Waals surface area contributed by atoms with E-state index in [4.69, 9.17) is 10.9 Å². The largest absolute Gasteiger partial charge is 0.399 e. The highest BCUT2D eigenvalue weighted by Crippen LogP contribution is 2.23. The maximum Gasteiger partial charge on any atom is 0.240 e. The van der Waals surface area contributed by atoms with Crippen LogP contribution in [0.2, 0.25) is 0 Å². The molecule has 18 heavy (non-hydrogen) atoms. The van der Waals surface area contributed by atoms with E-state index in [-0.39, 0.29) is 11.4 Å². The summed E-state index contributed by atoms with van der Waals surface area (Å²) in [4.78, 5) is 3.72. The van der Waals surface area contributed by atoms with E-state index in [0.717, 1.165) is 0 Å². The van der Waals surface area contributed by atoms with Crippen LogP contribution in [0.25, 0.3) is 0 Å². The minimum Gasteiger partial charge on any atom is -0.399 e. The summed E-state index contributed by atoms with van der Waals surface area (Å²) in [5.74, 6) is 0.396. The molecule has 0 saturated heterocycles. The molecule has 1 aromatic heterocycles. The van der Waals surface area contributed by atoms with Gasteiger partial charge >= 0.3 is 0 Å². The van der Waals surface area contributed by atoms with E-state index >= 15 is 0 Å². The van der Waals surface area contributed by atoms with Crippen LogP contribution in [0.4, 0.5) is 11.4 Å². The Labute approximate surface area is 103 Å². The number of aromatic nitrogens is 2. The summed E-state index contributed by atoms with van der Waals surface area (Å²) < 4.78 is 27.4. The van der Waals surface area contributed by atoms with E-state index in [2.05, 4.69) is 20.0 Å². The lowest BCUT2D eigenvalue weighted by molar-refractivity contribution is 0.411. The van der Waals surface area contributed by atoms with Gasteiger partial charge in [0.05, 0.1) is 12.2 Å². The molecule has 0 aliphatic rings. The van der Waals surface area contributed by atoms with Gasteiger partial charge in [-0.25, -0.2) is 13.6 Å². The van der Waals surface area contributed by atoms with E-state index < -0.39 is 10.0 Å². The number of anilines is 2. The van der Waals surface area contributed by atoms with Crippen LogP contribution in [0.1, 0.15) is 5.82 Å². The summed E-state index contributed by atoms with van der Waals surface area (Å²) in [5.41, 5.74) is 6.17. The minimum absolute atomic E-state index is 0.0778. The highest BCUT2D eigenvalue weighted by molar-refractivity contribution is 7.89. The van der Waals surface area contributed by atoms with Gasteiger partial charge in [-0.3, -0.25) is 0 Å². The summed E-state index contributed by atoms with van der Waals surface area (Å²) in [5, 5.41) is 11.5. The van der Waals surface area contributed by atoms with Crippen molar-refractivity contribution in [2.45, 2.75) is 11.4 Å². The zero-order valence-electron chi connectivity index (χ0n) is 9.20. The fraction of sp³-hybridized carbons (Fsp3) is 0.111. The molecule has 0 aliphatic carbocycles. The third-order valence-corrected chi connectivity index (χ3v) is 3.11. The first kappa shape index (κ1) is 12.3. The van der Waals surface area contributed by atoms with E-state index in [9.17, 15) is 8.42 Å². The van der Waals surface area contributed by atoms with Crippen LogP contribution in [-0.2, 0) is 16.6 Å². The van der Waals surface area contributed by atoms with E-state index in [1.54, 1.807) is 6.07 Å². The van der Waals surface area contributed by atoms with Crippen molar-refractivity contribution in [2.75, 3.05) is 11.1 Å². The first-order chi connectivity index (χ1) is 8.47. The van der Waals surface area contributed by atoms with Crippen LogP contribution in [0.5, 0.6) is 0 Å². The van der Waals surface area contributed by atoms with Crippen molar-refractivity contribution in [3.63, 3.8) is 0 Å².